The van der Waals surface area contributed by atoms with E-state index in [1.54, 1.807) is 24.1 Å². The summed E-state index contributed by atoms with van der Waals surface area (Å²) in [5, 5.41) is 14.1. The molecule has 8 nitrogen and oxygen atoms in total. The van der Waals surface area contributed by atoms with E-state index < -0.39 is 15.3 Å². The average molecular weight is 534 g/mol. The zero-order valence-corrected chi connectivity index (χ0v) is 22.2. The van der Waals surface area contributed by atoms with E-state index in [0.717, 1.165) is 17.7 Å². The minimum absolute atomic E-state index is 0.0577. The minimum atomic E-state index is -3.76. The number of rotatable bonds is 8. The number of phenolic OH excluding ortho intramolecular Hbond substituents is 1. The summed E-state index contributed by atoms with van der Waals surface area (Å²) < 4.78 is 30.9. The highest BCUT2D eigenvalue weighted by Crippen LogP contribution is 2.57. The predicted molar refractivity (Wildman–Crippen MR) is 148 cm³/mol. The van der Waals surface area contributed by atoms with Crippen LogP contribution in [0.25, 0.3) is 5.70 Å². The Morgan fingerprint density at radius 2 is 1.79 bits per heavy atom. The summed E-state index contributed by atoms with van der Waals surface area (Å²) in [5.74, 6) is 0.387. The third-order valence-electron chi connectivity index (χ3n) is 7.53. The molecule has 1 saturated carbocycles. The van der Waals surface area contributed by atoms with E-state index in [1.165, 1.54) is 13.0 Å². The number of phenols is 1. The number of carbonyl (C=O) groups excluding carboxylic acids is 1. The maximum Gasteiger partial charge on any atom is 0.238 e. The number of nitrogens with two attached hydrogens (primary N) is 1. The summed E-state index contributed by atoms with van der Waals surface area (Å²) >= 11 is 0. The van der Waals surface area contributed by atoms with E-state index in [2.05, 4.69) is 5.32 Å². The molecule has 198 valence electrons. The zero-order valence-electron chi connectivity index (χ0n) is 21.4. The molecule has 38 heavy (non-hydrogen) atoms. The number of anilines is 2. The quantitative estimate of drug-likeness (QED) is 0.390. The van der Waals surface area contributed by atoms with Crippen molar-refractivity contribution in [2.75, 3.05) is 23.1 Å². The molecular formula is C29H31N3O5S. The van der Waals surface area contributed by atoms with Crippen LogP contribution in [0.4, 0.5) is 11.4 Å². The van der Waals surface area contributed by atoms with Crippen molar-refractivity contribution in [3.63, 3.8) is 0 Å². The predicted octanol–water partition coefficient (Wildman–Crippen LogP) is 4.50. The number of benzene rings is 3. The van der Waals surface area contributed by atoms with Crippen molar-refractivity contribution in [2.24, 2.45) is 5.73 Å². The van der Waals surface area contributed by atoms with E-state index in [0.29, 0.717) is 41.9 Å². The second-order valence-corrected chi connectivity index (χ2v) is 11.9. The number of carbonyl (C=O) groups is 1. The Morgan fingerprint density at radius 1 is 1.11 bits per heavy atom. The fraction of sp³-hybridized carbons (Fsp3) is 0.276. The lowest BCUT2D eigenvalue weighted by Crippen LogP contribution is -2.44. The first-order valence-corrected chi connectivity index (χ1v) is 14.2. The highest BCUT2D eigenvalue weighted by molar-refractivity contribution is 7.95. The smallest absolute Gasteiger partial charge is 0.238 e. The van der Waals surface area contributed by atoms with Crippen LogP contribution >= 0.6 is 0 Å². The van der Waals surface area contributed by atoms with Crippen LogP contribution in [-0.2, 0) is 26.6 Å². The van der Waals surface area contributed by atoms with Crippen LogP contribution in [0.2, 0.25) is 0 Å². The van der Waals surface area contributed by atoms with Crippen molar-refractivity contribution >= 4 is 32.8 Å². The average Bonchev–Trinajstić information content (AvgIpc) is 3.16. The molecule has 0 aromatic heterocycles. The maximum absolute atomic E-state index is 13.8. The van der Waals surface area contributed by atoms with Gasteiger partial charge >= 0.3 is 0 Å². The Hall–Kier alpha value is -3.98. The van der Waals surface area contributed by atoms with Gasteiger partial charge in [0.25, 0.3) is 0 Å². The van der Waals surface area contributed by atoms with E-state index in [4.69, 9.17) is 10.5 Å². The number of amides is 1. The van der Waals surface area contributed by atoms with Crippen LogP contribution < -0.4 is 20.7 Å². The van der Waals surface area contributed by atoms with Crippen molar-refractivity contribution < 1.29 is 23.1 Å². The van der Waals surface area contributed by atoms with Gasteiger partial charge in [-0.15, -0.1) is 0 Å². The third kappa shape index (κ3) is 4.26. The molecule has 1 aliphatic carbocycles. The molecule has 0 bridgehead atoms. The molecule has 1 fully saturated rings. The summed E-state index contributed by atoms with van der Waals surface area (Å²) in [5.41, 5.74) is 8.78. The summed E-state index contributed by atoms with van der Waals surface area (Å²) in [4.78, 5) is 15.4. The number of hydrogen-bond donors (Lipinski definition) is 3. The molecule has 9 heteroatoms. The molecule has 1 aliphatic heterocycles. The molecule has 4 N–H and O–H groups in total. The van der Waals surface area contributed by atoms with E-state index >= 15 is 0 Å². The first-order valence-electron chi connectivity index (χ1n) is 12.6. The van der Waals surface area contributed by atoms with Gasteiger partial charge in [-0.2, -0.15) is 0 Å². The second kappa shape index (κ2) is 9.72. The van der Waals surface area contributed by atoms with Gasteiger partial charge in [0.05, 0.1) is 36.2 Å². The summed E-state index contributed by atoms with van der Waals surface area (Å²) in [7, 11) is -2.16. The van der Waals surface area contributed by atoms with Crippen LogP contribution in [0.15, 0.2) is 71.8 Å². The van der Waals surface area contributed by atoms with Crippen molar-refractivity contribution in [3.8, 4) is 11.5 Å². The van der Waals surface area contributed by atoms with Gasteiger partial charge in [-0.25, -0.2) is 8.42 Å². The van der Waals surface area contributed by atoms with Gasteiger partial charge in [-0.1, -0.05) is 43.7 Å². The lowest BCUT2D eigenvalue weighted by atomic mass is 9.65. The van der Waals surface area contributed by atoms with E-state index in [9.17, 15) is 18.3 Å². The van der Waals surface area contributed by atoms with Crippen molar-refractivity contribution in [3.05, 3.63) is 88.4 Å². The highest BCUT2D eigenvalue weighted by atomic mass is 32.2. The topological polar surface area (TPSA) is 122 Å². The molecule has 0 saturated heterocycles. The fourth-order valence-corrected chi connectivity index (χ4v) is 6.01. The maximum atomic E-state index is 13.8. The monoisotopic (exact) mass is 533 g/mol. The Balaban J connectivity index is 1.63. The lowest BCUT2D eigenvalue weighted by molar-refractivity contribution is -0.126. The number of methoxy groups -OCH3 is 1. The minimum Gasteiger partial charge on any atom is -0.506 e. The van der Waals surface area contributed by atoms with Crippen LogP contribution in [0, 0.1) is 0 Å². The van der Waals surface area contributed by atoms with Crippen LogP contribution in [0.1, 0.15) is 42.9 Å². The molecular weight excluding hydrogens is 502 g/mol. The summed E-state index contributed by atoms with van der Waals surface area (Å²) in [6.45, 7) is 1.82. The van der Waals surface area contributed by atoms with Gasteiger partial charge in [0, 0.05) is 11.3 Å². The Labute approximate surface area is 222 Å². The van der Waals surface area contributed by atoms with Crippen molar-refractivity contribution in [1.82, 2.24) is 0 Å². The SMILES string of the molecule is CCS(=O)(=O)/C(N)=C(/Nc1ccccc1)c1cc(O)c2c(c1)C1(CCC1)C(=O)N2Cc1ccc(OC)cc1. The number of aromatic hydroxyl groups is 1. The number of hydrogen-bond acceptors (Lipinski definition) is 7. The number of ether oxygens (including phenoxy) is 1. The molecule has 1 amide bonds. The molecule has 1 spiro atoms. The number of nitrogens with one attached hydrogen (secondary N) is 1. The van der Waals surface area contributed by atoms with Gasteiger partial charge in [0.1, 0.15) is 16.5 Å². The standard InChI is InChI=1S/C29H31N3O5S/c1-3-38(35,36)27(30)25(31-21-8-5-4-6-9-21)20-16-23-26(24(33)17-20)32(28(34)29(23)14-7-15-29)18-19-10-12-22(37-2)13-11-19/h4-6,8-13,16-17,31,33H,3,7,14-15,18,30H2,1-2H3/b27-25+. The van der Waals surface area contributed by atoms with E-state index in [-0.39, 0.29) is 28.1 Å². The number of fused-ring (bicyclic) bond motifs is 2. The van der Waals surface area contributed by atoms with Crippen LogP contribution in [0.5, 0.6) is 11.5 Å². The number of para-hydroxylation sites is 1. The van der Waals surface area contributed by atoms with Crippen LogP contribution in [0.3, 0.4) is 0 Å². The van der Waals surface area contributed by atoms with E-state index in [1.807, 2.05) is 48.5 Å². The Morgan fingerprint density at radius 3 is 2.37 bits per heavy atom. The molecule has 0 unspecified atom stereocenters. The first kappa shape index (κ1) is 25.7. The largest absolute Gasteiger partial charge is 0.506 e. The molecule has 5 rings (SSSR count). The summed E-state index contributed by atoms with van der Waals surface area (Å²) in [6, 6.07) is 19.8. The van der Waals surface area contributed by atoms with Gasteiger partial charge in [-0.3, -0.25) is 4.79 Å². The number of sulfone groups is 1. The zero-order chi connectivity index (χ0) is 27.1. The fourth-order valence-electron chi connectivity index (χ4n) is 5.22. The molecule has 3 aromatic rings. The normalized spacial score (nSPS) is 16.6. The van der Waals surface area contributed by atoms with Crippen molar-refractivity contribution in [2.45, 2.75) is 38.1 Å². The highest BCUT2D eigenvalue weighted by Gasteiger charge is 2.55. The number of nitrogens with zero attached hydrogens (tertiary/aromatic N) is 1. The van der Waals surface area contributed by atoms with Gasteiger partial charge in [-0.05, 0) is 60.4 Å². The van der Waals surface area contributed by atoms with Crippen molar-refractivity contribution in [1.29, 1.82) is 0 Å². The Kier molecular flexibility index (Phi) is 6.56. The molecule has 0 radical (unpaired) electrons. The van der Waals surface area contributed by atoms with Gasteiger partial charge in [0.2, 0.25) is 5.91 Å². The van der Waals surface area contributed by atoms with Gasteiger partial charge in [0.15, 0.2) is 9.84 Å². The second-order valence-electron chi connectivity index (χ2n) is 9.70. The van der Waals surface area contributed by atoms with Gasteiger partial charge < -0.3 is 25.8 Å². The summed E-state index contributed by atoms with van der Waals surface area (Å²) in [6.07, 6.45) is 2.22. The third-order valence-corrected chi connectivity index (χ3v) is 9.16. The Bertz CT molecular complexity index is 1510. The molecule has 2 aliphatic rings. The molecule has 0 atom stereocenters. The molecule has 3 aromatic carbocycles. The van der Waals surface area contributed by atoms with Crippen LogP contribution in [-0.4, -0.2) is 32.3 Å². The molecule has 1 heterocycles. The lowest BCUT2D eigenvalue weighted by Gasteiger charge is -2.37. The first-order chi connectivity index (χ1) is 18.2.